The van der Waals surface area contributed by atoms with E-state index in [1.807, 2.05) is 30.0 Å². The molecule has 2 aromatic rings. The van der Waals surface area contributed by atoms with Crippen LogP contribution in [0.3, 0.4) is 0 Å². The molecule has 1 unspecified atom stereocenters. The number of benzene rings is 2. The van der Waals surface area contributed by atoms with Gasteiger partial charge in [-0.15, -0.1) is 0 Å². The normalized spacial score (nSPS) is 15.0. The van der Waals surface area contributed by atoms with Crippen LogP contribution in [0.4, 0.5) is 11.4 Å². The smallest absolute Gasteiger partial charge is 0.227 e. The molecule has 4 nitrogen and oxygen atoms in total. The van der Waals surface area contributed by atoms with Crippen LogP contribution in [-0.2, 0) is 4.79 Å². The molecule has 1 atom stereocenters. The van der Waals surface area contributed by atoms with Crippen molar-refractivity contribution >= 4 is 34.6 Å². The molecule has 1 aliphatic heterocycles. The summed E-state index contributed by atoms with van der Waals surface area (Å²) in [6.45, 7) is 9.35. The van der Waals surface area contributed by atoms with E-state index in [1.54, 1.807) is 0 Å². The molecule has 1 heterocycles. The number of hydrogen-bond donors (Lipinski definition) is 2. The summed E-state index contributed by atoms with van der Waals surface area (Å²) >= 11 is 5.59. The number of hydrogen-bond acceptors (Lipinski definition) is 2. The Morgan fingerprint density at radius 3 is 2.46 bits per heavy atom. The number of rotatable bonds is 5. The zero-order chi connectivity index (χ0) is 20.3. The third kappa shape index (κ3) is 4.53. The molecular formula is C23H29N3OS. The van der Waals surface area contributed by atoms with Crippen LogP contribution < -0.4 is 15.5 Å². The van der Waals surface area contributed by atoms with Crippen LogP contribution in [-0.4, -0.2) is 17.6 Å². The standard InChI is InChI=1S/C23H29N3OS/c1-15(2)22(19-9-6-5-8-16(19)3)25-23(28)24-18-11-12-20(17(4)14-18)26-13-7-10-21(26)27/h5-6,8-9,11-12,14-15,22H,7,10,13H2,1-4H3,(H2,24,25,28). The zero-order valence-corrected chi connectivity index (χ0v) is 17.9. The fourth-order valence-corrected chi connectivity index (χ4v) is 4.03. The Hall–Kier alpha value is -2.40. The van der Waals surface area contributed by atoms with Gasteiger partial charge in [0.25, 0.3) is 0 Å². The Balaban J connectivity index is 1.71. The second-order valence-corrected chi connectivity index (χ2v) is 8.24. The molecule has 1 amide bonds. The van der Waals surface area contributed by atoms with E-state index in [1.165, 1.54) is 11.1 Å². The molecule has 0 bridgehead atoms. The van der Waals surface area contributed by atoms with Gasteiger partial charge in [-0.3, -0.25) is 4.79 Å². The summed E-state index contributed by atoms with van der Waals surface area (Å²) < 4.78 is 0. The van der Waals surface area contributed by atoms with Crippen molar-refractivity contribution in [1.82, 2.24) is 5.32 Å². The highest BCUT2D eigenvalue weighted by molar-refractivity contribution is 7.80. The molecule has 2 N–H and O–H groups in total. The molecular weight excluding hydrogens is 366 g/mol. The molecule has 0 aromatic heterocycles. The molecule has 0 aliphatic carbocycles. The number of carbonyl (C=O) groups excluding carboxylic acids is 1. The maximum atomic E-state index is 12.0. The Morgan fingerprint density at radius 1 is 1.11 bits per heavy atom. The zero-order valence-electron chi connectivity index (χ0n) is 17.1. The first-order chi connectivity index (χ1) is 13.4. The molecule has 5 heteroatoms. The number of aryl methyl sites for hydroxylation is 2. The van der Waals surface area contributed by atoms with Gasteiger partial charge >= 0.3 is 0 Å². The second kappa shape index (κ2) is 8.74. The van der Waals surface area contributed by atoms with E-state index in [0.29, 0.717) is 17.5 Å². The van der Waals surface area contributed by atoms with Gasteiger partial charge < -0.3 is 15.5 Å². The van der Waals surface area contributed by atoms with Gasteiger partial charge in [0.15, 0.2) is 5.11 Å². The average molecular weight is 396 g/mol. The molecule has 1 fully saturated rings. The number of nitrogens with zero attached hydrogens (tertiary/aromatic N) is 1. The van der Waals surface area contributed by atoms with Gasteiger partial charge in [0, 0.05) is 24.3 Å². The minimum absolute atomic E-state index is 0.142. The predicted molar refractivity (Wildman–Crippen MR) is 121 cm³/mol. The third-order valence-corrected chi connectivity index (χ3v) is 5.52. The Labute approximate surface area is 173 Å². The molecule has 0 saturated carbocycles. The van der Waals surface area contributed by atoms with Crippen LogP contribution in [0.1, 0.15) is 49.4 Å². The predicted octanol–water partition coefficient (Wildman–Crippen LogP) is 5.11. The van der Waals surface area contributed by atoms with Gasteiger partial charge in [-0.25, -0.2) is 0 Å². The molecule has 0 spiro atoms. The monoisotopic (exact) mass is 395 g/mol. The van der Waals surface area contributed by atoms with Gasteiger partial charge in [-0.2, -0.15) is 0 Å². The van der Waals surface area contributed by atoms with Crippen LogP contribution >= 0.6 is 12.2 Å². The number of amides is 1. The summed E-state index contributed by atoms with van der Waals surface area (Å²) in [6, 6.07) is 14.6. The maximum absolute atomic E-state index is 12.0. The van der Waals surface area contributed by atoms with Crippen molar-refractivity contribution in [2.75, 3.05) is 16.8 Å². The number of anilines is 2. The second-order valence-electron chi connectivity index (χ2n) is 7.83. The van der Waals surface area contributed by atoms with E-state index in [9.17, 15) is 4.79 Å². The van der Waals surface area contributed by atoms with Gasteiger partial charge in [-0.05, 0) is 73.3 Å². The van der Waals surface area contributed by atoms with Crippen molar-refractivity contribution in [2.45, 2.75) is 46.6 Å². The van der Waals surface area contributed by atoms with Crippen LogP contribution in [0.5, 0.6) is 0 Å². The lowest BCUT2D eigenvalue weighted by Gasteiger charge is -2.26. The maximum Gasteiger partial charge on any atom is 0.227 e. The van der Waals surface area contributed by atoms with Crippen molar-refractivity contribution in [3.8, 4) is 0 Å². The molecule has 28 heavy (non-hydrogen) atoms. The van der Waals surface area contributed by atoms with Crippen molar-refractivity contribution in [1.29, 1.82) is 0 Å². The highest BCUT2D eigenvalue weighted by atomic mass is 32.1. The summed E-state index contributed by atoms with van der Waals surface area (Å²) in [4.78, 5) is 13.9. The fourth-order valence-electron chi connectivity index (χ4n) is 3.79. The lowest BCUT2D eigenvalue weighted by Crippen LogP contribution is -2.35. The summed E-state index contributed by atoms with van der Waals surface area (Å²) in [5, 5.41) is 7.38. The Kier molecular flexibility index (Phi) is 6.35. The minimum atomic E-state index is 0.142. The molecule has 3 rings (SSSR count). The SMILES string of the molecule is Cc1ccccc1C(NC(=S)Nc1ccc(N2CCCC2=O)c(C)c1)C(C)C. The molecule has 1 aliphatic rings. The molecule has 2 aromatic carbocycles. The van der Waals surface area contributed by atoms with Crippen molar-refractivity contribution in [2.24, 2.45) is 5.92 Å². The first kappa shape index (κ1) is 20.3. The fraction of sp³-hybridized carbons (Fsp3) is 0.391. The van der Waals surface area contributed by atoms with Crippen LogP contribution in [0.15, 0.2) is 42.5 Å². The summed E-state index contributed by atoms with van der Waals surface area (Å²) in [5.74, 6) is 0.602. The van der Waals surface area contributed by atoms with E-state index < -0.39 is 0 Å². The van der Waals surface area contributed by atoms with Crippen molar-refractivity contribution in [3.05, 3.63) is 59.2 Å². The summed E-state index contributed by atoms with van der Waals surface area (Å²) in [6.07, 6.45) is 1.57. The van der Waals surface area contributed by atoms with E-state index in [4.69, 9.17) is 12.2 Å². The third-order valence-electron chi connectivity index (χ3n) is 5.30. The van der Waals surface area contributed by atoms with E-state index in [2.05, 4.69) is 55.7 Å². The Morgan fingerprint density at radius 2 is 1.86 bits per heavy atom. The summed E-state index contributed by atoms with van der Waals surface area (Å²) in [5.41, 5.74) is 5.51. The lowest BCUT2D eigenvalue weighted by atomic mass is 9.93. The molecule has 1 saturated heterocycles. The Bertz CT molecular complexity index is 878. The van der Waals surface area contributed by atoms with Crippen LogP contribution in [0, 0.1) is 19.8 Å². The lowest BCUT2D eigenvalue weighted by molar-refractivity contribution is -0.117. The van der Waals surface area contributed by atoms with Gasteiger partial charge in [0.1, 0.15) is 0 Å². The average Bonchev–Trinajstić information content (AvgIpc) is 3.06. The van der Waals surface area contributed by atoms with Crippen molar-refractivity contribution < 1.29 is 4.79 Å². The summed E-state index contributed by atoms with van der Waals surface area (Å²) in [7, 11) is 0. The first-order valence-electron chi connectivity index (χ1n) is 9.91. The molecule has 0 radical (unpaired) electrons. The van der Waals surface area contributed by atoms with E-state index >= 15 is 0 Å². The largest absolute Gasteiger partial charge is 0.355 e. The number of nitrogens with one attached hydrogen (secondary N) is 2. The highest BCUT2D eigenvalue weighted by Gasteiger charge is 2.23. The number of thiocarbonyl (C=S) groups is 1. The van der Waals surface area contributed by atoms with Gasteiger partial charge in [-0.1, -0.05) is 38.1 Å². The quantitative estimate of drug-likeness (QED) is 0.690. The van der Waals surface area contributed by atoms with Gasteiger partial charge in [0.05, 0.1) is 6.04 Å². The van der Waals surface area contributed by atoms with Crippen LogP contribution in [0.2, 0.25) is 0 Å². The van der Waals surface area contributed by atoms with E-state index in [0.717, 1.165) is 29.9 Å². The topological polar surface area (TPSA) is 44.4 Å². The first-order valence-corrected chi connectivity index (χ1v) is 10.3. The van der Waals surface area contributed by atoms with E-state index in [-0.39, 0.29) is 11.9 Å². The molecule has 148 valence electrons. The van der Waals surface area contributed by atoms with Crippen molar-refractivity contribution in [3.63, 3.8) is 0 Å². The van der Waals surface area contributed by atoms with Crippen LogP contribution in [0.25, 0.3) is 0 Å². The van der Waals surface area contributed by atoms with Gasteiger partial charge in [0.2, 0.25) is 5.91 Å². The number of carbonyl (C=O) groups is 1. The highest BCUT2D eigenvalue weighted by Crippen LogP contribution is 2.28. The minimum Gasteiger partial charge on any atom is -0.355 e.